The lowest BCUT2D eigenvalue weighted by atomic mass is 9.85. The van der Waals surface area contributed by atoms with Gasteiger partial charge in [0.1, 0.15) is 11.6 Å². The summed E-state index contributed by atoms with van der Waals surface area (Å²) in [5.41, 5.74) is 0.766. The fourth-order valence-corrected chi connectivity index (χ4v) is 3.29. The molecule has 0 bridgehead atoms. The molecule has 25 heavy (non-hydrogen) atoms. The Morgan fingerprint density at radius 1 is 1.04 bits per heavy atom. The normalized spacial score (nSPS) is 20.1. The van der Waals surface area contributed by atoms with Crippen LogP contribution in [0.15, 0.2) is 48.5 Å². The van der Waals surface area contributed by atoms with Crippen molar-refractivity contribution in [1.29, 1.82) is 0 Å². The van der Waals surface area contributed by atoms with E-state index in [1.165, 1.54) is 12.1 Å². The van der Waals surface area contributed by atoms with E-state index >= 15 is 0 Å². The number of amides is 1. The lowest BCUT2D eigenvalue weighted by molar-refractivity contribution is -0.117. The average Bonchev–Trinajstić information content (AvgIpc) is 2.61. The van der Waals surface area contributed by atoms with Crippen LogP contribution in [0, 0.1) is 11.7 Å². The number of hydrogen-bond acceptors (Lipinski definition) is 2. The minimum absolute atomic E-state index is 0.0326. The van der Waals surface area contributed by atoms with E-state index in [0.29, 0.717) is 23.1 Å². The van der Waals surface area contributed by atoms with Gasteiger partial charge in [-0.3, -0.25) is 4.79 Å². The van der Waals surface area contributed by atoms with Gasteiger partial charge in [-0.15, -0.1) is 0 Å². The van der Waals surface area contributed by atoms with E-state index in [4.69, 9.17) is 16.3 Å². The van der Waals surface area contributed by atoms with E-state index in [1.807, 2.05) is 0 Å². The maximum absolute atomic E-state index is 12.9. The molecule has 2 aromatic rings. The number of ether oxygens (including phenoxy) is 1. The van der Waals surface area contributed by atoms with Crippen molar-refractivity contribution in [1.82, 2.24) is 0 Å². The Hall–Kier alpha value is -2.07. The summed E-state index contributed by atoms with van der Waals surface area (Å²) in [7, 11) is 0. The van der Waals surface area contributed by atoms with Crippen molar-refractivity contribution in [2.75, 3.05) is 5.32 Å². The van der Waals surface area contributed by atoms with E-state index < -0.39 is 0 Å². The van der Waals surface area contributed by atoms with E-state index in [0.717, 1.165) is 31.4 Å². The van der Waals surface area contributed by atoms with Crippen molar-refractivity contribution in [2.24, 2.45) is 5.92 Å². The molecule has 5 heteroatoms. The molecule has 3 nitrogen and oxygen atoms in total. The zero-order chi connectivity index (χ0) is 17.6. The number of rotatable bonds is 5. The summed E-state index contributed by atoms with van der Waals surface area (Å²) in [6, 6.07) is 13.2. The smallest absolute Gasteiger partial charge is 0.224 e. The molecule has 1 amide bonds. The third-order valence-electron chi connectivity index (χ3n) is 4.51. The van der Waals surface area contributed by atoms with Gasteiger partial charge in [-0.25, -0.2) is 4.39 Å². The van der Waals surface area contributed by atoms with Crippen molar-refractivity contribution in [3.05, 3.63) is 59.4 Å². The predicted octanol–water partition coefficient (Wildman–Crippen LogP) is 5.45. The second-order valence-corrected chi connectivity index (χ2v) is 6.91. The maximum atomic E-state index is 12.9. The van der Waals surface area contributed by atoms with Gasteiger partial charge < -0.3 is 10.1 Å². The Kier molecular flexibility index (Phi) is 5.92. The highest BCUT2D eigenvalue weighted by atomic mass is 35.5. The summed E-state index contributed by atoms with van der Waals surface area (Å²) in [5.74, 6) is 0.846. The Morgan fingerprint density at radius 2 is 1.68 bits per heavy atom. The average molecular weight is 362 g/mol. The Bertz CT molecular complexity index is 695. The van der Waals surface area contributed by atoms with Gasteiger partial charge in [-0.1, -0.05) is 11.6 Å². The standard InChI is InChI=1S/C20H21ClFNO2/c21-15-3-7-17(8-4-15)23-20(24)13-14-1-9-18(10-2-14)25-19-11-5-16(22)6-12-19/h3-8,11-12,14,18H,1-2,9-10,13H2,(H,23,24). The highest BCUT2D eigenvalue weighted by molar-refractivity contribution is 6.30. The van der Waals surface area contributed by atoms with Crippen molar-refractivity contribution in [2.45, 2.75) is 38.2 Å². The van der Waals surface area contributed by atoms with E-state index in [2.05, 4.69) is 5.32 Å². The van der Waals surface area contributed by atoms with Crippen LogP contribution in [-0.4, -0.2) is 12.0 Å². The summed E-state index contributed by atoms with van der Waals surface area (Å²) < 4.78 is 18.8. The molecule has 0 unspecified atom stereocenters. The predicted molar refractivity (Wildman–Crippen MR) is 97.5 cm³/mol. The van der Waals surface area contributed by atoms with Crippen molar-refractivity contribution < 1.29 is 13.9 Å². The van der Waals surface area contributed by atoms with Crippen LogP contribution in [0.4, 0.5) is 10.1 Å². The van der Waals surface area contributed by atoms with Gasteiger partial charge in [0, 0.05) is 17.1 Å². The van der Waals surface area contributed by atoms with Gasteiger partial charge in [0.05, 0.1) is 6.10 Å². The Labute approximate surface area is 152 Å². The topological polar surface area (TPSA) is 38.3 Å². The molecule has 0 heterocycles. The molecule has 1 N–H and O–H groups in total. The number of nitrogens with one attached hydrogen (secondary N) is 1. The van der Waals surface area contributed by atoms with Gasteiger partial charge >= 0.3 is 0 Å². The molecule has 3 rings (SSSR count). The van der Waals surface area contributed by atoms with Crippen LogP contribution in [0.1, 0.15) is 32.1 Å². The first-order chi connectivity index (χ1) is 12.1. The van der Waals surface area contributed by atoms with Gasteiger partial charge in [-0.05, 0) is 80.1 Å². The van der Waals surface area contributed by atoms with Crippen molar-refractivity contribution >= 4 is 23.2 Å². The fourth-order valence-electron chi connectivity index (χ4n) is 3.17. The third kappa shape index (κ3) is 5.46. The molecule has 1 aliphatic carbocycles. The number of hydrogen-bond donors (Lipinski definition) is 1. The van der Waals surface area contributed by atoms with Crippen molar-refractivity contribution in [3.8, 4) is 5.75 Å². The number of carbonyl (C=O) groups excluding carboxylic acids is 1. The number of carbonyl (C=O) groups is 1. The fraction of sp³-hybridized carbons (Fsp3) is 0.350. The van der Waals surface area contributed by atoms with Gasteiger partial charge in [0.2, 0.25) is 5.91 Å². The Balaban J connectivity index is 1.42. The lowest BCUT2D eigenvalue weighted by Crippen LogP contribution is -2.26. The summed E-state index contributed by atoms with van der Waals surface area (Å²) in [5, 5.41) is 3.56. The van der Waals surface area contributed by atoms with Crippen LogP contribution in [0.2, 0.25) is 5.02 Å². The van der Waals surface area contributed by atoms with Crippen LogP contribution < -0.4 is 10.1 Å². The number of benzene rings is 2. The second kappa shape index (κ2) is 8.34. The summed E-state index contributed by atoms with van der Waals surface area (Å²) in [4.78, 5) is 12.2. The monoisotopic (exact) mass is 361 g/mol. The van der Waals surface area contributed by atoms with E-state index in [1.54, 1.807) is 36.4 Å². The first-order valence-corrected chi connectivity index (χ1v) is 8.94. The zero-order valence-corrected chi connectivity index (χ0v) is 14.6. The van der Waals surface area contributed by atoms with Crippen molar-refractivity contribution in [3.63, 3.8) is 0 Å². The number of anilines is 1. The zero-order valence-electron chi connectivity index (χ0n) is 13.9. The van der Waals surface area contributed by atoms with Crippen LogP contribution in [0.5, 0.6) is 5.75 Å². The van der Waals surface area contributed by atoms with Crippen LogP contribution in [0.3, 0.4) is 0 Å². The first-order valence-electron chi connectivity index (χ1n) is 8.56. The minimum Gasteiger partial charge on any atom is -0.490 e. The molecule has 0 atom stereocenters. The quantitative estimate of drug-likeness (QED) is 0.769. The molecule has 1 aliphatic rings. The van der Waals surface area contributed by atoms with Gasteiger partial charge in [0.15, 0.2) is 0 Å². The number of halogens is 2. The SMILES string of the molecule is O=C(CC1CCC(Oc2ccc(F)cc2)CC1)Nc1ccc(Cl)cc1. The van der Waals surface area contributed by atoms with E-state index in [-0.39, 0.29) is 17.8 Å². The minimum atomic E-state index is -0.261. The molecule has 0 aliphatic heterocycles. The first kappa shape index (κ1) is 17.7. The van der Waals surface area contributed by atoms with Gasteiger partial charge in [-0.2, -0.15) is 0 Å². The Morgan fingerprint density at radius 3 is 2.32 bits per heavy atom. The highest BCUT2D eigenvalue weighted by Gasteiger charge is 2.24. The van der Waals surface area contributed by atoms with Crippen LogP contribution in [0.25, 0.3) is 0 Å². The molecular formula is C20H21ClFNO2. The molecular weight excluding hydrogens is 341 g/mol. The molecule has 1 fully saturated rings. The summed E-state index contributed by atoms with van der Waals surface area (Å²) in [6.07, 6.45) is 4.40. The maximum Gasteiger partial charge on any atom is 0.224 e. The molecule has 0 spiro atoms. The summed E-state index contributed by atoms with van der Waals surface area (Å²) >= 11 is 5.84. The highest BCUT2D eigenvalue weighted by Crippen LogP contribution is 2.30. The molecule has 0 saturated heterocycles. The van der Waals surface area contributed by atoms with Gasteiger partial charge in [0.25, 0.3) is 0 Å². The molecule has 2 aromatic carbocycles. The third-order valence-corrected chi connectivity index (χ3v) is 4.76. The largest absolute Gasteiger partial charge is 0.490 e. The summed E-state index contributed by atoms with van der Waals surface area (Å²) in [6.45, 7) is 0. The molecule has 0 aromatic heterocycles. The molecule has 1 saturated carbocycles. The lowest BCUT2D eigenvalue weighted by Gasteiger charge is -2.28. The van der Waals surface area contributed by atoms with E-state index in [9.17, 15) is 9.18 Å². The molecule has 0 radical (unpaired) electrons. The second-order valence-electron chi connectivity index (χ2n) is 6.47. The molecule has 132 valence electrons. The van der Waals surface area contributed by atoms with Crippen LogP contribution >= 0.6 is 11.6 Å². The van der Waals surface area contributed by atoms with Crippen LogP contribution in [-0.2, 0) is 4.79 Å².